The van der Waals surface area contributed by atoms with Crippen LogP contribution in [0.25, 0.3) is 10.8 Å². The van der Waals surface area contributed by atoms with Crippen LogP contribution in [0, 0.1) is 24.4 Å². The second-order valence-electron chi connectivity index (χ2n) is 4.75. The number of fused-ring (bicyclic) bond motifs is 1. The molecule has 0 radical (unpaired) electrons. The third-order valence-electron chi connectivity index (χ3n) is 3.17. The lowest BCUT2D eigenvalue weighted by molar-refractivity contribution is 0.549. The zero-order valence-electron chi connectivity index (χ0n) is 11.1. The fourth-order valence-corrected chi connectivity index (χ4v) is 2.18. The molecule has 0 saturated heterocycles. The molecule has 0 unspecified atom stereocenters. The molecule has 0 saturated carbocycles. The number of anilines is 2. The summed E-state index contributed by atoms with van der Waals surface area (Å²) in [5.41, 5.74) is 0.649. The van der Waals surface area contributed by atoms with Gasteiger partial charge in [-0.25, -0.2) is 18.2 Å². The van der Waals surface area contributed by atoms with Crippen molar-refractivity contribution in [3.8, 4) is 0 Å². The van der Waals surface area contributed by atoms with Crippen LogP contribution in [0.5, 0.6) is 0 Å². The lowest BCUT2D eigenvalue weighted by atomic mass is 10.1. The molecule has 1 N–H and O–H groups in total. The monoisotopic (exact) mass is 288 g/mol. The Balaban J connectivity index is 2.11. The number of benzene rings is 2. The zero-order chi connectivity index (χ0) is 15.0. The Kier molecular flexibility index (Phi) is 3.25. The molecule has 21 heavy (non-hydrogen) atoms. The van der Waals surface area contributed by atoms with Gasteiger partial charge in [-0.1, -0.05) is 23.8 Å². The molecule has 5 heteroatoms. The number of pyridine rings is 1. The van der Waals surface area contributed by atoms with Gasteiger partial charge in [0, 0.05) is 23.7 Å². The Morgan fingerprint density at radius 3 is 2.38 bits per heavy atom. The van der Waals surface area contributed by atoms with E-state index >= 15 is 0 Å². The molecule has 0 bridgehead atoms. The van der Waals surface area contributed by atoms with Gasteiger partial charge < -0.3 is 5.32 Å². The molecule has 2 aromatic carbocycles. The van der Waals surface area contributed by atoms with Crippen LogP contribution in [0.3, 0.4) is 0 Å². The topological polar surface area (TPSA) is 24.9 Å². The summed E-state index contributed by atoms with van der Waals surface area (Å²) in [6.07, 6.45) is 1.55. The fraction of sp³-hybridized carbons (Fsp3) is 0.0625. The number of hydrogen-bond donors (Lipinski definition) is 1. The number of aryl methyl sites for hydroxylation is 1. The molecule has 1 aromatic heterocycles. The largest absolute Gasteiger partial charge is 0.335 e. The first-order chi connectivity index (χ1) is 10.0. The number of hydrogen-bond acceptors (Lipinski definition) is 2. The van der Waals surface area contributed by atoms with Gasteiger partial charge in [-0.3, -0.25) is 0 Å². The highest BCUT2D eigenvalue weighted by Crippen LogP contribution is 2.28. The van der Waals surface area contributed by atoms with Crippen LogP contribution >= 0.6 is 0 Å². The number of nitrogens with one attached hydrogen (secondary N) is 1. The maximum atomic E-state index is 13.7. The predicted octanol–water partition coefficient (Wildman–Crippen LogP) is 4.70. The van der Waals surface area contributed by atoms with E-state index in [4.69, 9.17) is 0 Å². The van der Waals surface area contributed by atoms with Gasteiger partial charge in [0.25, 0.3) is 0 Å². The molecule has 2 nitrogen and oxygen atoms in total. The van der Waals surface area contributed by atoms with Crippen molar-refractivity contribution in [1.29, 1.82) is 0 Å². The number of aromatic nitrogens is 1. The van der Waals surface area contributed by atoms with Crippen molar-refractivity contribution in [1.82, 2.24) is 4.98 Å². The Labute approximate surface area is 119 Å². The van der Waals surface area contributed by atoms with E-state index in [0.29, 0.717) is 18.0 Å². The van der Waals surface area contributed by atoms with Crippen molar-refractivity contribution >= 4 is 22.3 Å². The van der Waals surface area contributed by atoms with Crippen molar-refractivity contribution in [2.24, 2.45) is 0 Å². The molecular weight excluding hydrogens is 277 g/mol. The minimum atomic E-state index is -1.00. The predicted molar refractivity (Wildman–Crippen MR) is 76.1 cm³/mol. The maximum Gasteiger partial charge on any atom is 0.152 e. The average molecular weight is 288 g/mol. The van der Waals surface area contributed by atoms with Crippen molar-refractivity contribution < 1.29 is 13.2 Å². The molecule has 1 heterocycles. The van der Waals surface area contributed by atoms with Crippen LogP contribution in [0.15, 0.2) is 42.6 Å². The van der Waals surface area contributed by atoms with Gasteiger partial charge >= 0.3 is 0 Å². The Morgan fingerprint density at radius 1 is 0.952 bits per heavy atom. The molecule has 0 fully saturated rings. The Bertz CT molecular complexity index is 808. The highest BCUT2D eigenvalue weighted by Gasteiger charge is 2.13. The van der Waals surface area contributed by atoms with Crippen LogP contribution in [0.2, 0.25) is 0 Å². The van der Waals surface area contributed by atoms with Gasteiger partial charge in [-0.2, -0.15) is 0 Å². The van der Waals surface area contributed by atoms with Crippen molar-refractivity contribution in [2.45, 2.75) is 6.92 Å². The zero-order valence-corrected chi connectivity index (χ0v) is 11.1. The standard InChI is InChI=1S/C16H11F3N2/c1-9-2-3-12-10(6-9)4-5-20-16(12)21-15-13(18)7-11(17)8-14(15)19/h2-8H,1H3,(H,20,21). The number of halogens is 3. The molecule has 0 aliphatic rings. The molecule has 0 spiro atoms. The first kappa shape index (κ1) is 13.4. The highest BCUT2D eigenvalue weighted by atomic mass is 19.1. The molecular formula is C16H11F3N2. The van der Waals surface area contributed by atoms with Crippen LogP contribution in [0.4, 0.5) is 24.7 Å². The van der Waals surface area contributed by atoms with E-state index in [9.17, 15) is 13.2 Å². The lowest BCUT2D eigenvalue weighted by Gasteiger charge is -2.11. The summed E-state index contributed by atoms with van der Waals surface area (Å²) in [6.45, 7) is 1.95. The molecule has 106 valence electrons. The summed E-state index contributed by atoms with van der Waals surface area (Å²) in [6, 6.07) is 8.71. The van der Waals surface area contributed by atoms with Crippen LogP contribution in [-0.4, -0.2) is 4.98 Å². The normalized spacial score (nSPS) is 10.9. The first-order valence-corrected chi connectivity index (χ1v) is 6.31. The van der Waals surface area contributed by atoms with E-state index < -0.39 is 23.1 Å². The smallest absolute Gasteiger partial charge is 0.152 e. The first-order valence-electron chi connectivity index (χ1n) is 6.31. The minimum Gasteiger partial charge on any atom is -0.335 e. The van der Waals surface area contributed by atoms with Gasteiger partial charge in [0.15, 0.2) is 11.6 Å². The lowest BCUT2D eigenvalue weighted by Crippen LogP contribution is -2.01. The molecule has 0 aliphatic heterocycles. The molecule has 3 aromatic rings. The van der Waals surface area contributed by atoms with E-state index in [1.807, 2.05) is 31.2 Å². The van der Waals surface area contributed by atoms with Crippen molar-refractivity contribution in [3.63, 3.8) is 0 Å². The summed E-state index contributed by atoms with van der Waals surface area (Å²) in [7, 11) is 0. The quantitative estimate of drug-likeness (QED) is 0.739. The number of nitrogens with zero attached hydrogens (tertiary/aromatic N) is 1. The summed E-state index contributed by atoms with van der Waals surface area (Å²) in [4.78, 5) is 4.10. The van der Waals surface area contributed by atoms with Crippen molar-refractivity contribution in [2.75, 3.05) is 5.32 Å². The van der Waals surface area contributed by atoms with E-state index in [0.717, 1.165) is 16.3 Å². The maximum absolute atomic E-state index is 13.7. The number of rotatable bonds is 2. The van der Waals surface area contributed by atoms with Crippen LogP contribution < -0.4 is 5.32 Å². The van der Waals surface area contributed by atoms with Gasteiger partial charge in [0.1, 0.15) is 17.3 Å². The van der Waals surface area contributed by atoms with Crippen molar-refractivity contribution in [3.05, 3.63) is 65.6 Å². The summed E-state index contributed by atoms with van der Waals surface area (Å²) in [5.74, 6) is -2.65. The van der Waals surface area contributed by atoms with Crippen LogP contribution in [0.1, 0.15) is 5.56 Å². The summed E-state index contributed by atoms with van der Waals surface area (Å²) < 4.78 is 40.3. The van der Waals surface area contributed by atoms with E-state index in [1.165, 1.54) is 0 Å². The second-order valence-corrected chi connectivity index (χ2v) is 4.75. The molecule has 0 aliphatic carbocycles. The third-order valence-corrected chi connectivity index (χ3v) is 3.17. The van der Waals surface area contributed by atoms with Crippen LogP contribution in [-0.2, 0) is 0 Å². The third kappa shape index (κ3) is 2.54. The molecule has 0 amide bonds. The van der Waals surface area contributed by atoms with Gasteiger partial charge in [-0.05, 0) is 18.4 Å². The Hall–Kier alpha value is -2.56. The summed E-state index contributed by atoms with van der Waals surface area (Å²) >= 11 is 0. The summed E-state index contributed by atoms with van der Waals surface area (Å²) in [5, 5.41) is 4.23. The SMILES string of the molecule is Cc1ccc2c(Nc3c(F)cc(F)cc3F)nccc2c1. The van der Waals surface area contributed by atoms with Gasteiger partial charge in [0.2, 0.25) is 0 Å². The second kappa shape index (κ2) is 5.09. The van der Waals surface area contributed by atoms with E-state index in [1.54, 1.807) is 6.20 Å². The molecule has 0 atom stereocenters. The Morgan fingerprint density at radius 2 is 1.67 bits per heavy atom. The molecule has 3 rings (SSSR count). The van der Waals surface area contributed by atoms with E-state index in [2.05, 4.69) is 10.3 Å². The highest BCUT2D eigenvalue weighted by molar-refractivity contribution is 5.93. The fourth-order valence-electron chi connectivity index (χ4n) is 2.18. The van der Waals surface area contributed by atoms with E-state index in [-0.39, 0.29) is 0 Å². The van der Waals surface area contributed by atoms with Gasteiger partial charge in [-0.15, -0.1) is 0 Å². The van der Waals surface area contributed by atoms with Gasteiger partial charge in [0.05, 0.1) is 0 Å². The minimum absolute atomic E-state index is 0.317. The average Bonchev–Trinajstić information content (AvgIpc) is 2.42.